The van der Waals surface area contributed by atoms with E-state index < -0.39 is 10.0 Å². The third-order valence-corrected chi connectivity index (χ3v) is 9.03. The van der Waals surface area contributed by atoms with Crippen molar-refractivity contribution in [3.63, 3.8) is 0 Å². The van der Waals surface area contributed by atoms with Gasteiger partial charge in [-0.15, -0.1) is 0 Å². The van der Waals surface area contributed by atoms with E-state index in [2.05, 4.69) is 18.7 Å². The van der Waals surface area contributed by atoms with E-state index in [9.17, 15) is 13.2 Å². The van der Waals surface area contributed by atoms with Gasteiger partial charge < -0.3 is 9.64 Å². The average Bonchev–Trinajstić information content (AvgIpc) is 2.84. The number of anilines is 2. The molecular weight excluding hydrogens is 460 g/mol. The molecule has 0 N–H and O–H groups in total. The van der Waals surface area contributed by atoms with E-state index in [1.165, 1.54) is 4.31 Å². The summed E-state index contributed by atoms with van der Waals surface area (Å²) >= 11 is 0. The molecule has 0 aliphatic carbocycles. The van der Waals surface area contributed by atoms with Crippen LogP contribution in [-0.2, 0) is 21.2 Å². The first kappa shape index (κ1) is 25.7. The molecule has 35 heavy (non-hydrogen) atoms. The number of rotatable bonds is 8. The number of sulfonamides is 1. The molecule has 7 heteroatoms. The van der Waals surface area contributed by atoms with Crippen molar-refractivity contribution >= 4 is 27.2 Å². The molecule has 2 aliphatic rings. The third kappa shape index (κ3) is 5.56. The average molecular weight is 499 g/mol. The van der Waals surface area contributed by atoms with Crippen molar-refractivity contribution in [1.29, 1.82) is 0 Å². The molecule has 0 saturated carbocycles. The summed E-state index contributed by atoms with van der Waals surface area (Å²) in [5.41, 5.74) is 3.29. The van der Waals surface area contributed by atoms with Gasteiger partial charge in [0.25, 0.3) is 10.0 Å². The number of hydrogen-bond acceptors (Lipinski definition) is 5. The van der Waals surface area contributed by atoms with E-state index in [0.717, 1.165) is 50.3 Å². The number of nitrogens with zero attached hydrogens (tertiary/aromatic N) is 2. The first-order valence-corrected chi connectivity index (χ1v) is 14.2. The lowest BCUT2D eigenvalue weighted by atomic mass is 9.81. The molecule has 0 unspecified atom stereocenters. The van der Waals surface area contributed by atoms with E-state index >= 15 is 0 Å². The Morgan fingerprint density at radius 1 is 1.09 bits per heavy atom. The number of ketones is 1. The zero-order chi connectivity index (χ0) is 25.2. The molecule has 190 valence electrons. The van der Waals surface area contributed by atoms with Gasteiger partial charge >= 0.3 is 0 Å². The summed E-state index contributed by atoms with van der Waals surface area (Å²) in [4.78, 5) is 15.3. The largest absolute Gasteiger partial charge is 0.381 e. The summed E-state index contributed by atoms with van der Waals surface area (Å²) in [7, 11) is -3.84. The predicted molar refractivity (Wildman–Crippen MR) is 141 cm³/mol. The van der Waals surface area contributed by atoms with E-state index in [1.54, 1.807) is 12.1 Å². The van der Waals surface area contributed by atoms with Gasteiger partial charge in [0.2, 0.25) is 0 Å². The Hall–Kier alpha value is -2.38. The van der Waals surface area contributed by atoms with Crippen LogP contribution in [0.1, 0.15) is 62.9 Å². The summed E-state index contributed by atoms with van der Waals surface area (Å²) < 4.78 is 34.7. The molecular formula is C28H38N2O4S. The molecule has 1 fully saturated rings. The van der Waals surface area contributed by atoms with Crippen LogP contribution in [0, 0.1) is 11.3 Å². The second-order valence-electron chi connectivity index (χ2n) is 10.6. The number of hydrogen-bond donors (Lipinski definition) is 0. The summed E-state index contributed by atoms with van der Waals surface area (Å²) in [6.07, 6.45) is 3.27. The fourth-order valence-corrected chi connectivity index (χ4v) is 6.67. The number of ether oxygens (including phenoxy) is 1. The van der Waals surface area contributed by atoms with E-state index in [0.29, 0.717) is 30.8 Å². The lowest BCUT2D eigenvalue weighted by molar-refractivity contribution is 0.0270. The predicted octanol–water partition coefficient (Wildman–Crippen LogP) is 5.31. The number of aryl methyl sites for hydroxylation is 1. The summed E-state index contributed by atoms with van der Waals surface area (Å²) in [5.74, 6) is 0.152. The number of fused-ring (bicyclic) bond motifs is 1. The normalized spacial score (nSPS) is 18.0. The van der Waals surface area contributed by atoms with Crippen molar-refractivity contribution < 1.29 is 17.9 Å². The molecule has 2 aromatic rings. The minimum absolute atomic E-state index is 0.00754. The van der Waals surface area contributed by atoms with Crippen LogP contribution in [0.25, 0.3) is 0 Å². The number of Topliss-reactive ketones (excluding diaryl/α,β-unsaturated/α-hetero) is 1. The second-order valence-corrected chi connectivity index (χ2v) is 12.5. The van der Waals surface area contributed by atoms with Gasteiger partial charge in [-0.05, 0) is 66.5 Å². The van der Waals surface area contributed by atoms with Gasteiger partial charge in [0.05, 0.1) is 10.6 Å². The highest BCUT2D eigenvalue weighted by molar-refractivity contribution is 7.92. The Kier molecular flexibility index (Phi) is 7.57. The molecule has 2 aliphatic heterocycles. The lowest BCUT2D eigenvalue weighted by Gasteiger charge is -2.41. The van der Waals surface area contributed by atoms with Crippen LogP contribution in [-0.4, -0.2) is 47.0 Å². The third-order valence-electron chi connectivity index (χ3n) is 7.24. The maximum absolute atomic E-state index is 13.9. The highest BCUT2D eigenvalue weighted by Crippen LogP contribution is 2.37. The SMILES string of the molecule is CCc1ccc(N(CC(C)C)S(=O)(=O)c2ccc3c(c2)C(=O)CCN3CC2(C)CCOCC2)cc1. The van der Waals surface area contributed by atoms with Crippen molar-refractivity contribution in [2.45, 2.75) is 58.3 Å². The maximum Gasteiger partial charge on any atom is 0.264 e. The second kappa shape index (κ2) is 10.3. The molecule has 4 rings (SSSR count). The van der Waals surface area contributed by atoms with Crippen molar-refractivity contribution in [2.24, 2.45) is 11.3 Å². The van der Waals surface area contributed by atoms with Crippen molar-refractivity contribution in [3.05, 3.63) is 53.6 Å². The standard InChI is InChI=1S/C28H38N2O4S/c1-5-22-6-8-23(9-7-22)30(19-21(2)3)35(32,33)24-10-11-26-25(18-24)27(31)12-15-29(26)20-28(4)13-16-34-17-14-28/h6-11,18,21H,5,12-17,19-20H2,1-4H3. The Morgan fingerprint density at radius 2 is 1.77 bits per heavy atom. The minimum atomic E-state index is -3.84. The molecule has 0 amide bonds. The van der Waals surface area contributed by atoms with Crippen molar-refractivity contribution in [2.75, 3.05) is 42.1 Å². The van der Waals surface area contributed by atoms with Gasteiger partial charge in [-0.1, -0.05) is 39.8 Å². The fourth-order valence-electron chi connectivity index (χ4n) is 5.01. The number of carbonyl (C=O) groups is 1. The Bertz CT molecular complexity index is 1150. The van der Waals surface area contributed by atoms with Crippen LogP contribution in [0.2, 0.25) is 0 Å². The molecule has 0 spiro atoms. The van der Waals surface area contributed by atoms with Crippen LogP contribution < -0.4 is 9.21 Å². The van der Waals surface area contributed by atoms with Gasteiger partial charge in [-0.2, -0.15) is 0 Å². The highest BCUT2D eigenvalue weighted by atomic mass is 32.2. The summed E-state index contributed by atoms with van der Waals surface area (Å²) in [6, 6.07) is 12.8. The van der Waals surface area contributed by atoms with Crippen molar-refractivity contribution in [3.8, 4) is 0 Å². The van der Waals surface area contributed by atoms with Gasteiger partial charge in [-0.3, -0.25) is 9.10 Å². The first-order valence-electron chi connectivity index (χ1n) is 12.7. The zero-order valence-corrected chi connectivity index (χ0v) is 22.2. The molecule has 0 bridgehead atoms. The molecule has 0 radical (unpaired) electrons. The fraction of sp³-hybridized carbons (Fsp3) is 0.536. The van der Waals surface area contributed by atoms with E-state index in [4.69, 9.17) is 4.74 Å². The zero-order valence-electron chi connectivity index (χ0n) is 21.4. The van der Waals surface area contributed by atoms with Crippen LogP contribution in [0.5, 0.6) is 0 Å². The first-order chi connectivity index (χ1) is 16.6. The monoisotopic (exact) mass is 498 g/mol. The Balaban J connectivity index is 1.68. The summed E-state index contributed by atoms with van der Waals surface area (Å²) in [5, 5.41) is 0. The molecule has 0 aromatic heterocycles. The maximum atomic E-state index is 13.9. The van der Waals surface area contributed by atoms with Gasteiger partial charge in [0.1, 0.15) is 0 Å². The van der Waals surface area contributed by atoms with E-state index in [-0.39, 0.29) is 22.0 Å². The molecule has 1 saturated heterocycles. The lowest BCUT2D eigenvalue weighted by Crippen LogP contribution is -2.43. The molecule has 6 nitrogen and oxygen atoms in total. The number of benzene rings is 2. The minimum Gasteiger partial charge on any atom is -0.381 e. The van der Waals surface area contributed by atoms with Gasteiger partial charge in [0.15, 0.2) is 5.78 Å². The van der Waals surface area contributed by atoms with Gasteiger partial charge in [0, 0.05) is 50.5 Å². The Morgan fingerprint density at radius 3 is 2.40 bits per heavy atom. The van der Waals surface area contributed by atoms with Crippen LogP contribution >= 0.6 is 0 Å². The van der Waals surface area contributed by atoms with Crippen LogP contribution in [0.4, 0.5) is 11.4 Å². The Labute approximate surface area is 210 Å². The highest BCUT2D eigenvalue weighted by Gasteiger charge is 2.34. The topological polar surface area (TPSA) is 66.9 Å². The van der Waals surface area contributed by atoms with Crippen LogP contribution in [0.15, 0.2) is 47.4 Å². The quantitative estimate of drug-likeness (QED) is 0.493. The number of carbonyl (C=O) groups excluding carboxylic acids is 1. The summed E-state index contributed by atoms with van der Waals surface area (Å²) in [6.45, 7) is 11.8. The molecule has 2 heterocycles. The smallest absolute Gasteiger partial charge is 0.264 e. The van der Waals surface area contributed by atoms with Gasteiger partial charge in [-0.25, -0.2) is 8.42 Å². The molecule has 2 aromatic carbocycles. The van der Waals surface area contributed by atoms with Crippen LogP contribution in [0.3, 0.4) is 0 Å². The molecule has 0 atom stereocenters. The van der Waals surface area contributed by atoms with Crippen molar-refractivity contribution in [1.82, 2.24) is 0 Å². The van der Waals surface area contributed by atoms with E-state index in [1.807, 2.05) is 44.2 Å².